The molecule has 1 heterocycles. The Morgan fingerprint density at radius 1 is 1.47 bits per heavy atom. The van der Waals surface area contributed by atoms with Crippen LogP contribution in [0.2, 0.25) is 0 Å². The molecule has 96 valence electrons. The standard InChI is InChI=1S/C10H17N3O3S/c1-7-10(9(6-14)12-11-7)17(15,16)13-8-4-2-3-5-8/h8,13-14H,2-6H2,1H3,(H,11,12). The molecule has 1 aromatic rings. The Balaban J connectivity index is 2.27. The van der Waals surface area contributed by atoms with E-state index >= 15 is 0 Å². The predicted molar refractivity (Wildman–Crippen MR) is 61.8 cm³/mol. The van der Waals surface area contributed by atoms with Crippen molar-refractivity contribution in [2.75, 3.05) is 0 Å². The minimum atomic E-state index is -3.58. The van der Waals surface area contributed by atoms with Gasteiger partial charge >= 0.3 is 0 Å². The summed E-state index contributed by atoms with van der Waals surface area (Å²) in [5.41, 5.74) is 0.632. The summed E-state index contributed by atoms with van der Waals surface area (Å²) in [6, 6.07) is 0.0147. The van der Waals surface area contributed by atoms with Crippen molar-refractivity contribution < 1.29 is 13.5 Å². The highest BCUT2D eigenvalue weighted by molar-refractivity contribution is 7.89. The molecule has 0 atom stereocenters. The topological polar surface area (TPSA) is 95.1 Å². The van der Waals surface area contributed by atoms with E-state index in [9.17, 15) is 8.42 Å². The van der Waals surface area contributed by atoms with Crippen LogP contribution in [0.5, 0.6) is 0 Å². The smallest absolute Gasteiger partial charge is 0.244 e. The second kappa shape index (κ2) is 4.75. The second-order valence-corrected chi connectivity index (χ2v) is 6.04. The zero-order valence-corrected chi connectivity index (χ0v) is 10.5. The molecule has 2 rings (SSSR count). The Hall–Kier alpha value is -0.920. The zero-order chi connectivity index (χ0) is 12.5. The van der Waals surface area contributed by atoms with Gasteiger partial charge in [0.2, 0.25) is 10.0 Å². The largest absolute Gasteiger partial charge is 0.390 e. The number of aromatic amines is 1. The van der Waals surface area contributed by atoms with Crippen LogP contribution in [0, 0.1) is 6.92 Å². The molecule has 0 bridgehead atoms. The van der Waals surface area contributed by atoms with Gasteiger partial charge in [-0.05, 0) is 19.8 Å². The van der Waals surface area contributed by atoms with Crippen molar-refractivity contribution in [3.05, 3.63) is 11.4 Å². The SMILES string of the molecule is Cc1[nH]nc(CO)c1S(=O)(=O)NC1CCCC1. The second-order valence-electron chi connectivity index (χ2n) is 4.39. The van der Waals surface area contributed by atoms with Crippen LogP contribution >= 0.6 is 0 Å². The summed E-state index contributed by atoms with van der Waals surface area (Å²) in [5.74, 6) is 0. The first kappa shape index (κ1) is 12.5. The fourth-order valence-electron chi connectivity index (χ4n) is 2.26. The number of sulfonamides is 1. The van der Waals surface area contributed by atoms with Gasteiger partial charge in [-0.3, -0.25) is 5.10 Å². The summed E-state index contributed by atoms with van der Waals surface area (Å²) < 4.78 is 27.0. The van der Waals surface area contributed by atoms with E-state index in [0.717, 1.165) is 25.7 Å². The molecule has 0 unspecified atom stereocenters. The Morgan fingerprint density at radius 3 is 2.71 bits per heavy atom. The molecule has 6 nitrogen and oxygen atoms in total. The van der Waals surface area contributed by atoms with Gasteiger partial charge in [-0.1, -0.05) is 12.8 Å². The van der Waals surface area contributed by atoms with Crippen molar-refractivity contribution in [2.45, 2.75) is 50.2 Å². The number of aliphatic hydroxyl groups is 1. The molecule has 3 N–H and O–H groups in total. The quantitative estimate of drug-likeness (QED) is 0.730. The van der Waals surface area contributed by atoms with Crippen molar-refractivity contribution in [2.24, 2.45) is 0 Å². The molecule has 1 aliphatic rings. The highest BCUT2D eigenvalue weighted by Crippen LogP contribution is 2.22. The molecule has 1 aromatic heterocycles. The van der Waals surface area contributed by atoms with Gasteiger partial charge in [0.25, 0.3) is 0 Å². The van der Waals surface area contributed by atoms with Crippen molar-refractivity contribution in [3.8, 4) is 0 Å². The van der Waals surface area contributed by atoms with E-state index in [1.807, 2.05) is 0 Å². The van der Waals surface area contributed by atoms with E-state index in [4.69, 9.17) is 5.11 Å². The molecule has 0 radical (unpaired) electrons. The molecule has 17 heavy (non-hydrogen) atoms. The molecule has 7 heteroatoms. The number of aromatic nitrogens is 2. The summed E-state index contributed by atoms with van der Waals surface area (Å²) in [6.07, 6.45) is 3.88. The fourth-order valence-corrected chi connectivity index (χ4v) is 3.92. The first-order chi connectivity index (χ1) is 8.04. The maximum atomic E-state index is 12.2. The molecular weight excluding hydrogens is 242 g/mol. The first-order valence-corrected chi connectivity index (χ1v) is 7.20. The van der Waals surface area contributed by atoms with E-state index in [1.165, 1.54) is 0 Å². The normalized spacial score (nSPS) is 17.8. The first-order valence-electron chi connectivity index (χ1n) is 5.71. The number of nitrogens with one attached hydrogen (secondary N) is 2. The molecule has 1 fully saturated rings. The van der Waals surface area contributed by atoms with Crippen LogP contribution in [-0.4, -0.2) is 29.8 Å². The number of hydrogen-bond donors (Lipinski definition) is 3. The number of nitrogens with zero attached hydrogens (tertiary/aromatic N) is 1. The van der Waals surface area contributed by atoms with Crippen molar-refractivity contribution >= 4 is 10.0 Å². The summed E-state index contributed by atoms with van der Waals surface area (Å²) in [4.78, 5) is 0.0897. The number of hydrogen-bond acceptors (Lipinski definition) is 4. The third-order valence-electron chi connectivity index (χ3n) is 3.06. The van der Waals surface area contributed by atoms with E-state index in [-0.39, 0.29) is 23.2 Å². The van der Waals surface area contributed by atoms with Crippen molar-refractivity contribution in [3.63, 3.8) is 0 Å². The number of H-pyrrole nitrogens is 1. The summed E-state index contributed by atoms with van der Waals surface area (Å²) in [6.45, 7) is 1.25. The average Bonchev–Trinajstić information content (AvgIpc) is 2.86. The van der Waals surface area contributed by atoms with Crippen molar-refractivity contribution in [1.29, 1.82) is 0 Å². The van der Waals surface area contributed by atoms with Gasteiger partial charge in [0.1, 0.15) is 10.6 Å². The minimum absolute atomic E-state index is 0.0147. The van der Waals surface area contributed by atoms with E-state index in [1.54, 1.807) is 6.92 Å². The van der Waals surface area contributed by atoms with Gasteiger partial charge in [0, 0.05) is 6.04 Å². The summed E-state index contributed by atoms with van der Waals surface area (Å²) in [5, 5.41) is 15.5. The van der Waals surface area contributed by atoms with Crippen LogP contribution in [-0.2, 0) is 16.6 Å². The maximum absolute atomic E-state index is 12.2. The molecular formula is C10H17N3O3S. The summed E-state index contributed by atoms with van der Waals surface area (Å²) >= 11 is 0. The Kier molecular flexibility index (Phi) is 3.50. The molecule has 0 saturated heterocycles. The van der Waals surface area contributed by atoms with Gasteiger partial charge in [0.05, 0.1) is 12.3 Å². The molecule has 1 saturated carbocycles. The minimum Gasteiger partial charge on any atom is -0.390 e. The highest BCUT2D eigenvalue weighted by atomic mass is 32.2. The van der Waals surface area contributed by atoms with Crippen LogP contribution in [0.25, 0.3) is 0 Å². The third kappa shape index (κ3) is 2.51. The van der Waals surface area contributed by atoms with Crippen LogP contribution in [0.15, 0.2) is 4.90 Å². The lowest BCUT2D eigenvalue weighted by Gasteiger charge is -2.12. The lowest BCUT2D eigenvalue weighted by Crippen LogP contribution is -2.33. The van der Waals surface area contributed by atoms with Gasteiger partial charge in [-0.25, -0.2) is 13.1 Å². The predicted octanol–water partition coefficient (Wildman–Crippen LogP) is 0.431. The van der Waals surface area contributed by atoms with Gasteiger partial charge in [-0.15, -0.1) is 0 Å². The Labute approximate surface area is 100 Å². The number of aliphatic hydroxyl groups excluding tert-OH is 1. The average molecular weight is 259 g/mol. The molecule has 0 aromatic carbocycles. The molecule has 0 spiro atoms. The maximum Gasteiger partial charge on any atom is 0.244 e. The Bertz CT molecular complexity index is 489. The van der Waals surface area contributed by atoms with Crippen LogP contribution in [0.3, 0.4) is 0 Å². The molecule has 1 aliphatic carbocycles. The van der Waals surface area contributed by atoms with E-state index in [2.05, 4.69) is 14.9 Å². The lowest BCUT2D eigenvalue weighted by molar-refractivity contribution is 0.273. The van der Waals surface area contributed by atoms with Crippen LogP contribution in [0.1, 0.15) is 37.1 Å². The lowest BCUT2D eigenvalue weighted by atomic mass is 10.3. The molecule has 0 amide bonds. The Morgan fingerprint density at radius 2 is 2.12 bits per heavy atom. The van der Waals surface area contributed by atoms with E-state index < -0.39 is 10.0 Å². The fraction of sp³-hybridized carbons (Fsp3) is 0.700. The molecule has 0 aliphatic heterocycles. The monoisotopic (exact) mass is 259 g/mol. The third-order valence-corrected chi connectivity index (χ3v) is 4.78. The van der Waals surface area contributed by atoms with Crippen molar-refractivity contribution in [1.82, 2.24) is 14.9 Å². The van der Waals surface area contributed by atoms with E-state index in [0.29, 0.717) is 5.69 Å². The van der Waals surface area contributed by atoms with Gasteiger partial charge < -0.3 is 5.11 Å². The van der Waals surface area contributed by atoms with Crippen LogP contribution < -0.4 is 4.72 Å². The highest BCUT2D eigenvalue weighted by Gasteiger charge is 2.28. The zero-order valence-electron chi connectivity index (χ0n) is 9.73. The van der Waals surface area contributed by atoms with Gasteiger partial charge in [0.15, 0.2) is 0 Å². The number of aryl methyl sites for hydroxylation is 1. The van der Waals surface area contributed by atoms with Crippen LogP contribution in [0.4, 0.5) is 0 Å². The summed E-state index contributed by atoms with van der Waals surface area (Å²) in [7, 11) is -3.58. The van der Waals surface area contributed by atoms with Gasteiger partial charge in [-0.2, -0.15) is 5.10 Å². The number of rotatable bonds is 4.